The molecule has 0 fully saturated rings. The Balaban J connectivity index is 1.12. The number of nitrogens with zero attached hydrogens (tertiary/aromatic N) is 4. The molecule has 1 heterocycles. The van der Waals surface area contributed by atoms with E-state index in [2.05, 4.69) is 91.0 Å². The first kappa shape index (κ1) is 29.4. The van der Waals surface area contributed by atoms with Crippen LogP contribution in [0.1, 0.15) is 34.1 Å². The summed E-state index contributed by atoms with van der Waals surface area (Å²) in [5, 5.41) is 10.2. The maximum absolute atomic E-state index is 10.2. The molecule has 0 spiro atoms. The molecule has 0 aliphatic heterocycles. The monoisotopic (exact) mass is 638 g/mol. The number of nitriles is 1. The minimum Gasteiger partial charge on any atom is -0.208 e. The largest absolute Gasteiger partial charge is 0.208 e. The van der Waals surface area contributed by atoms with Gasteiger partial charge in [0.15, 0.2) is 17.5 Å². The van der Waals surface area contributed by atoms with E-state index < -0.39 is 0 Å². The predicted octanol–water partition coefficient (Wildman–Crippen LogP) is 10.9. The third kappa shape index (κ3) is 5.32. The Kier molecular flexibility index (Phi) is 7.30. The van der Waals surface area contributed by atoms with Gasteiger partial charge in [-0.3, -0.25) is 0 Å². The van der Waals surface area contributed by atoms with E-state index in [1.807, 2.05) is 84.9 Å². The van der Waals surface area contributed by atoms with Crippen molar-refractivity contribution in [1.82, 2.24) is 15.0 Å². The van der Waals surface area contributed by atoms with Crippen LogP contribution in [0.4, 0.5) is 0 Å². The Hall–Kier alpha value is -6.70. The van der Waals surface area contributed by atoms with Crippen molar-refractivity contribution in [2.24, 2.45) is 0 Å². The molecule has 50 heavy (non-hydrogen) atoms. The standard InChI is InChI=1S/C46H30N4/c47-29-30-24-36(27-37(25-30)34-22-23-42-40-20-8-7-18-38(40)39-19-9-10-21-41(39)43(42)28-34)33-16-11-17-35(26-33)46-49-44(31-12-3-1-4-13-31)48-45(50-46)32-14-5-2-6-15-32/h1-28,42-43H. The number of hydrogen-bond acceptors (Lipinski definition) is 4. The van der Waals surface area contributed by atoms with Crippen LogP contribution in [0, 0.1) is 11.3 Å². The van der Waals surface area contributed by atoms with Crippen molar-refractivity contribution >= 4 is 5.57 Å². The van der Waals surface area contributed by atoms with Crippen LogP contribution in [0.2, 0.25) is 0 Å². The van der Waals surface area contributed by atoms with E-state index in [1.54, 1.807) is 0 Å². The van der Waals surface area contributed by atoms with Gasteiger partial charge in [0.2, 0.25) is 0 Å². The Bertz CT molecular complexity index is 2450. The van der Waals surface area contributed by atoms with Gasteiger partial charge >= 0.3 is 0 Å². The van der Waals surface area contributed by atoms with Crippen molar-refractivity contribution in [2.75, 3.05) is 0 Å². The molecule has 2 aliphatic carbocycles. The van der Waals surface area contributed by atoms with Crippen LogP contribution < -0.4 is 0 Å². The van der Waals surface area contributed by atoms with Gasteiger partial charge in [-0.05, 0) is 68.8 Å². The highest BCUT2D eigenvalue weighted by molar-refractivity contribution is 5.85. The molecule has 1 aromatic heterocycles. The van der Waals surface area contributed by atoms with Gasteiger partial charge in [0.05, 0.1) is 11.6 Å². The van der Waals surface area contributed by atoms with Crippen molar-refractivity contribution in [1.29, 1.82) is 5.26 Å². The first-order chi connectivity index (χ1) is 24.7. The number of hydrogen-bond donors (Lipinski definition) is 0. The maximum atomic E-state index is 10.2. The molecule has 0 saturated heterocycles. The van der Waals surface area contributed by atoms with Crippen LogP contribution >= 0.6 is 0 Å². The molecular weight excluding hydrogens is 609 g/mol. The van der Waals surface area contributed by atoms with Gasteiger partial charge in [0.1, 0.15) is 0 Å². The minimum atomic E-state index is 0.208. The Labute approximate surface area is 291 Å². The highest BCUT2D eigenvalue weighted by Gasteiger charge is 2.32. The fraction of sp³-hybridized carbons (Fsp3) is 0.0435. The molecule has 0 bridgehead atoms. The second-order valence-electron chi connectivity index (χ2n) is 12.7. The summed E-state index contributed by atoms with van der Waals surface area (Å²) in [7, 11) is 0. The molecule has 4 nitrogen and oxygen atoms in total. The first-order valence-corrected chi connectivity index (χ1v) is 16.8. The lowest BCUT2D eigenvalue weighted by atomic mass is 9.69. The van der Waals surface area contributed by atoms with Crippen LogP contribution in [0.25, 0.3) is 62.0 Å². The highest BCUT2D eigenvalue weighted by atomic mass is 15.0. The zero-order valence-electron chi connectivity index (χ0n) is 27.1. The molecule has 0 N–H and O–H groups in total. The van der Waals surface area contributed by atoms with Gasteiger partial charge in [0, 0.05) is 28.5 Å². The molecule has 2 atom stereocenters. The van der Waals surface area contributed by atoms with E-state index in [-0.39, 0.29) is 11.8 Å². The van der Waals surface area contributed by atoms with Gasteiger partial charge in [0.25, 0.3) is 0 Å². The second-order valence-corrected chi connectivity index (χ2v) is 12.7. The summed E-state index contributed by atoms with van der Waals surface area (Å²) in [4.78, 5) is 14.7. The summed E-state index contributed by atoms with van der Waals surface area (Å²) in [6.45, 7) is 0. The topological polar surface area (TPSA) is 62.5 Å². The van der Waals surface area contributed by atoms with Crippen LogP contribution in [0.3, 0.4) is 0 Å². The molecule has 0 saturated carbocycles. The van der Waals surface area contributed by atoms with Gasteiger partial charge in [-0.25, -0.2) is 15.0 Å². The van der Waals surface area contributed by atoms with Crippen LogP contribution in [0.15, 0.2) is 170 Å². The van der Waals surface area contributed by atoms with E-state index in [9.17, 15) is 5.26 Å². The Morgan fingerprint density at radius 1 is 0.440 bits per heavy atom. The fourth-order valence-electron chi connectivity index (χ4n) is 7.32. The lowest BCUT2D eigenvalue weighted by molar-refractivity contribution is 0.722. The predicted molar refractivity (Wildman–Crippen MR) is 201 cm³/mol. The molecule has 0 amide bonds. The van der Waals surface area contributed by atoms with Gasteiger partial charge < -0.3 is 0 Å². The van der Waals surface area contributed by atoms with E-state index in [0.717, 1.165) is 39.0 Å². The summed E-state index contributed by atoms with van der Waals surface area (Å²) < 4.78 is 0. The smallest absolute Gasteiger partial charge is 0.164 e. The first-order valence-electron chi connectivity index (χ1n) is 16.8. The Morgan fingerprint density at radius 2 is 0.940 bits per heavy atom. The lowest BCUT2D eigenvalue weighted by Crippen LogP contribution is -2.17. The molecule has 0 radical (unpaired) electrons. The van der Waals surface area contributed by atoms with E-state index in [1.165, 1.54) is 22.3 Å². The number of rotatable bonds is 5. The fourth-order valence-corrected chi connectivity index (χ4v) is 7.32. The summed E-state index contributed by atoms with van der Waals surface area (Å²) in [6, 6.07) is 54.3. The molecular formula is C46H30N4. The highest BCUT2D eigenvalue weighted by Crippen LogP contribution is 2.51. The number of allylic oxidation sites excluding steroid dienone is 4. The average molecular weight is 639 g/mol. The third-order valence-corrected chi connectivity index (χ3v) is 9.71. The number of aromatic nitrogens is 3. The van der Waals surface area contributed by atoms with Gasteiger partial charge in [-0.15, -0.1) is 0 Å². The Morgan fingerprint density at radius 3 is 1.58 bits per heavy atom. The SMILES string of the molecule is N#Cc1cc(C2=CC3c4ccccc4-c4ccccc4C3C=C2)cc(-c2cccc(-c3nc(-c4ccccc4)nc(-c4ccccc4)n3)c2)c1. The maximum Gasteiger partial charge on any atom is 0.164 e. The number of fused-ring (bicyclic) bond motifs is 6. The normalized spacial score (nSPS) is 15.6. The summed E-state index contributed by atoms with van der Waals surface area (Å²) >= 11 is 0. The third-order valence-electron chi connectivity index (χ3n) is 9.71. The summed E-state index contributed by atoms with van der Waals surface area (Å²) in [5.74, 6) is 2.31. The van der Waals surface area contributed by atoms with E-state index in [0.29, 0.717) is 23.0 Å². The molecule has 6 aromatic carbocycles. The van der Waals surface area contributed by atoms with E-state index in [4.69, 9.17) is 15.0 Å². The average Bonchev–Trinajstić information content (AvgIpc) is 3.21. The van der Waals surface area contributed by atoms with Crippen molar-refractivity contribution in [2.45, 2.75) is 11.8 Å². The van der Waals surface area contributed by atoms with Gasteiger partial charge in [-0.2, -0.15) is 5.26 Å². The second kappa shape index (κ2) is 12.4. The molecule has 9 rings (SSSR count). The lowest BCUT2D eigenvalue weighted by Gasteiger charge is -2.35. The van der Waals surface area contributed by atoms with Crippen LogP contribution in [0.5, 0.6) is 0 Å². The quantitative estimate of drug-likeness (QED) is 0.188. The van der Waals surface area contributed by atoms with Gasteiger partial charge in [-0.1, -0.05) is 146 Å². The molecule has 234 valence electrons. The van der Waals surface area contributed by atoms with Crippen molar-refractivity contribution in [3.63, 3.8) is 0 Å². The molecule has 2 unspecified atom stereocenters. The molecule has 2 aliphatic rings. The molecule has 7 aromatic rings. The van der Waals surface area contributed by atoms with E-state index >= 15 is 0 Å². The zero-order valence-corrected chi connectivity index (χ0v) is 27.1. The zero-order chi connectivity index (χ0) is 33.4. The summed E-state index contributed by atoms with van der Waals surface area (Å²) in [5.41, 5.74) is 12.7. The minimum absolute atomic E-state index is 0.208. The van der Waals surface area contributed by atoms with Crippen molar-refractivity contribution in [3.05, 3.63) is 192 Å². The molecule has 4 heteroatoms. The van der Waals surface area contributed by atoms with Crippen LogP contribution in [-0.2, 0) is 0 Å². The summed E-state index contributed by atoms with van der Waals surface area (Å²) in [6.07, 6.45) is 6.95. The van der Waals surface area contributed by atoms with Crippen LogP contribution in [-0.4, -0.2) is 15.0 Å². The van der Waals surface area contributed by atoms with Crippen molar-refractivity contribution < 1.29 is 0 Å². The number of benzene rings is 6. The van der Waals surface area contributed by atoms with Crippen molar-refractivity contribution in [3.8, 4) is 62.5 Å².